The number of rotatable bonds is 2. The molecule has 19 heavy (non-hydrogen) atoms. The van der Waals surface area contributed by atoms with E-state index in [1.165, 1.54) is 32.7 Å². The van der Waals surface area contributed by atoms with Crippen LogP contribution in [0.5, 0.6) is 0 Å². The number of benzene rings is 3. The summed E-state index contributed by atoms with van der Waals surface area (Å²) in [5.74, 6) is 0. The molecule has 1 nitrogen and oxygen atoms in total. The Morgan fingerprint density at radius 1 is 1.05 bits per heavy atom. The van der Waals surface area contributed by atoms with Crippen molar-refractivity contribution < 1.29 is 4.74 Å². The SMILES string of the molecule is C=COC1Cc2cc3ccccc3c3cccc1c23. The maximum atomic E-state index is 5.67. The first-order valence-electron chi connectivity index (χ1n) is 6.58. The Morgan fingerprint density at radius 2 is 1.89 bits per heavy atom. The highest BCUT2D eigenvalue weighted by Gasteiger charge is 2.25. The first-order chi connectivity index (χ1) is 9.38. The van der Waals surface area contributed by atoms with Gasteiger partial charge in [-0.15, -0.1) is 0 Å². The van der Waals surface area contributed by atoms with Gasteiger partial charge < -0.3 is 4.74 Å². The van der Waals surface area contributed by atoms with Gasteiger partial charge in [-0.2, -0.15) is 0 Å². The molecule has 0 aliphatic heterocycles. The third kappa shape index (κ3) is 1.42. The van der Waals surface area contributed by atoms with Crippen LogP contribution >= 0.6 is 0 Å². The van der Waals surface area contributed by atoms with Gasteiger partial charge in [0.2, 0.25) is 0 Å². The van der Waals surface area contributed by atoms with Crippen molar-refractivity contribution in [1.29, 1.82) is 0 Å². The molecule has 92 valence electrons. The number of hydrogen-bond acceptors (Lipinski definition) is 1. The van der Waals surface area contributed by atoms with Crippen molar-refractivity contribution in [2.24, 2.45) is 0 Å². The number of hydrogen-bond donors (Lipinski definition) is 0. The molecule has 0 fully saturated rings. The van der Waals surface area contributed by atoms with Gasteiger partial charge in [-0.05, 0) is 27.1 Å². The lowest BCUT2D eigenvalue weighted by Crippen LogP contribution is -1.96. The van der Waals surface area contributed by atoms with E-state index in [0.717, 1.165) is 6.42 Å². The largest absolute Gasteiger partial charge is 0.494 e. The van der Waals surface area contributed by atoms with E-state index in [-0.39, 0.29) is 6.10 Å². The molecule has 0 N–H and O–H groups in total. The molecule has 1 unspecified atom stereocenters. The first kappa shape index (κ1) is 10.6. The van der Waals surface area contributed by atoms with Crippen molar-refractivity contribution in [3.63, 3.8) is 0 Å². The van der Waals surface area contributed by atoms with E-state index in [0.29, 0.717) is 0 Å². The molecule has 3 aromatic carbocycles. The van der Waals surface area contributed by atoms with Crippen LogP contribution in [0, 0.1) is 0 Å². The monoisotopic (exact) mass is 246 g/mol. The zero-order chi connectivity index (χ0) is 12.8. The van der Waals surface area contributed by atoms with Crippen LogP contribution in [0.1, 0.15) is 17.2 Å². The Bertz CT molecular complexity index is 801. The van der Waals surface area contributed by atoms with Crippen LogP contribution in [0.3, 0.4) is 0 Å². The van der Waals surface area contributed by atoms with Gasteiger partial charge in [-0.3, -0.25) is 0 Å². The molecular weight excluding hydrogens is 232 g/mol. The summed E-state index contributed by atoms with van der Waals surface area (Å²) in [4.78, 5) is 0. The van der Waals surface area contributed by atoms with Crippen LogP contribution < -0.4 is 0 Å². The van der Waals surface area contributed by atoms with Crippen LogP contribution in [-0.2, 0) is 11.2 Å². The van der Waals surface area contributed by atoms with Gasteiger partial charge >= 0.3 is 0 Å². The first-order valence-corrected chi connectivity index (χ1v) is 6.58. The van der Waals surface area contributed by atoms with Crippen molar-refractivity contribution in [1.82, 2.24) is 0 Å². The smallest absolute Gasteiger partial charge is 0.127 e. The third-order valence-corrected chi connectivity index (χ3v) is 4.01. The number of ether oxygens (including phenoxy) is 1. The maximum Gasteiger partial charge on any atom is 0.127 e. The van der Waals surface area contributed by atoms with E-state index in [2.05, 4.69) is 55.1 Å². The molecule has 4 rings (SSSR count). The van der Waals surface area contributed by atoms with Gasteiger partial charge in [0.25, 0.3) is 0 Å². The van der Waals surface area contributed by atoms with Crippen molar-refractivity contribution in [3.05, 3.63) is 72.5 Å². The van der Waals surface area contributed by atoms with Crippen LogP contribution in [0.2, 0.25) is 0 Å². The van der Waals surface area contributed by atoms with E-state index in [9.17, 15) is 0 Å². The second-order valence-electron chi connectivity index (χ2n) is 5.02. The Labute approximate surface area is 112 Å². The minimum atomic E-state index is 0.119. The fraction of sp³-hybridized carbons (Fsp3) is 0.111. The fourth-order valence-electron chi connectivity index (χ4n) is 3.26. The predicted molar refractivity (Wildman–Crippen MR) is 79.2 cm³/mol. The van der Waals surface area contributed by atoms with Gasteiger partial charge in [0.15, 0.2) is 0 Å². The van der Waals surface area contributed by atoms with Gasteiger partial charge in [0.1, 0.15) is 6.10 Å². The fourth-order valence-corrected chi connectivity index (χ4v) is 3.26. The molecule has 0 saturated carbocycles. The van der Waals surface area contributed by atoms with Crippen molar-refractivity contribution in [2.45, 2.75) is 12.5 Å². The number of fused-ring (bicyclic) bond motifs is 2. The Hall–Kier alpha value is -2.28. The van der Waals surface area contributed by atoms with E-state index in [1.54, 1.807) is 6.26 Å². The Balaban J connectivity index is 2.12. The predicted octanol–water partition coefficient (Wildman–Crippen LogP) is 4.75. The Kier molecular flexibility index (Phi) is 2.16. The van der Waals surface area contributed by atoms with Crippen LogP contribution in [0.4, 0.5) is 0 Å². The highest BCUT2D eigenvalue weighted by molar-refractivity contribution is 6.10. The molecule has 0 radical (unpaired) electrons. The molecule has 0 saturated heterocycles. The summed E-state index contributed by atoms with van der Waals surface area (Å²) in [6.45, 7) is 3.68. The molecule has 0 amide bonds. The molecule has 1 heteroatoms. The third-order valence-electron chi connectivity index (χ3n) is 4.01. The molecule has 0 aromatic heterocycles. The second kappa shape index (κ2) is 3.86. The van der Waals surface area contributed by atoms with Crippen molar-refractivity contribution in [3.8, 4) is 0 Å². The van der Waals surface area contributed by atoms with Gasteiger partial charge in [-0.25, -0.2) is 0 Å². The molecule has 1 aliphatic rings. The molecule has 3 aromatic rings. The molecule has 0 bridgehead atoms. The van der Waals surface area contributed by atoms with E-state index in [1.807, 2.05) is 0 Å². The van der Waals surface area contributed by atoms with Gasteiger partial charge in [0.05, 0.1) is 6.26 Å². The summed E-state index contributed by atoms with van der Waals surface area (Å²) >= 11 is 0. The normalized spacial score (nSPS) is 16.9. The molecule has 1 aliphatic carbocycles. The maximum absolute atomic E-state index is 5.67. The summed E-state index contributed by atoms with van der Waals surface area (Å²) in [5.41, 5.74) is 2.68. The van der Waals surface area contributed by atoms with Crippen LogP contribution in [0.15, 0.2) is 61.4 Å². The summed E-state index contributed by atoms with van der Waals surface area (Å²) < 4.78 is 5.67. The van der Waals surface area contributed by atoms with Crippen molar-refractivity contribution in [2.75, 3.05) is 0 Å². The zero-order valence-electron chi connectivity index (χ0n) is 10.6. The van der Waals surface area contributed by atoms with Crippen molar-refractivity contribution >= 4 is 21.5 Å². The van der Waals surface area contributed by atoms with E-state index < -0.39 is 0 Å². The van der Waals surface area contributed by atoms with Gasteiger partial charge in [0, 0.05) is 12.0 Å². The summed E-state index contributed by atoms with van der Waals surface area (Å²) in [6.07, 6.45) is 2.61. The standard InChI is InChI=1S/C18H14O/c1-2-19-17-11-13-10-12-6-3-4-7-14(12)15-8-5-9-16(17)18(13)15/h2-10,17H,1,11H2. The van der Waals surface area contributed by atoms with E-state index in [4.69, 9.17) is 4.74 Å². The zero-order valence-corrected chi connectivity index (χ0v) is 10.6. The minimum Gasteiger partial charge on any atom is -0.494 e. The van der Waals surface area contributed by atoms with Crippen LogP contribution in [-0.4, -0.2) is 0 Å². The average molecular weight is 246 g/mol. The summed E-state index contributed by atoms with van der Waals surface area (Å²) in [7, 11) is 0. The van der Waals surface area contributed by atoms with Gasteiger partial charge in [-0.1, -0.05) is 55.1 Å². The average Bonchev–Trinajstić information content (AvgIpc) is 2.79. The second-order valence-corrected chi connectivity index (χ2v) is 5.02. The molecule has 0 heterocycles. The van der Waals surface area contributed by atoms with E-state index >= 15 is 0 Å². The summed E-state index contributed by atoms with van der Waals surface area (Å²) in [5, 5.41) is 5.33. The highest BCUT2D eigenvalue weighted by atomic mass is 16.5. The topological polar surface area (TPSA) is 9.23 Å². The van der Waals surface area contributed by atoms with Crippen LogP contribution in [0.25, 0.3) is 21.5 Å². The quantitative estimate of drug-likeness (QED) is 0.468. The lowest BCUT2D eigenvalue weighted by Gasteiger charge is -2.10. The molecular formula is C18H14O. The summed E-state index contributed by atoms with van der Waals surface area (Å²) in [6, 6.07) is 17.4. The lowest BCUT2D eigenvalue weighted by molar-refractivity contribution is 0.153. The lowest BCUT2D eigenvalue weighted by atomic mass is 9.98. The minimum absolute atomic E-state index is 0.119. The molecule has 1 atom stereocenters. The Morgan fingerprint density at radius 3 is 2.79 bits per heavy atom. The highest BCUT2D eigenvalue weighted by Crippen LogP contribution is 2.42. The molecule has 0 spiro atoms.